The molecular formula is C20H19F5N2O5S. The van der Waals surface area contributed by atoms with Crippen LogP contribution in [0, 0.1) is 11.6 Å². The summed E-state index contributed by atoms with van der Waals surface area (Å²) >= 11 is 0. The van der Waals surface area contributed by atoms with Gasteiger partial charge in [0, 0.05) is 24.2 Å². The number of carboxylic acids is 1. The summed E-state index contributed by atoms with van der Waals surface area (Å²) in [4.78, 5) is 10.3. The average Bonchev–Trinajstić information content (AvgIpc) is 3.13. The standard InChI is InChI=1S/C18H18F2N2O3S.C2HF3O2/c1-21(2)10-11-25-17-5-3-4-16-14(17)8-9-22(16)26(23,24)18-7-6-13(19)12-15(18)20;3-2(4,5)1(6)7/h3-9,12H,10-11H2,1-2H3;(H,6,7). The number of carbonyl (C=O) groups is 1. The van der Waals surface area contributed by atoms with Crippen LogP contribution in [0.15, 0.2) is 53.6 Å². The molecule has 0 atom stereocenters. The van der Waals surface area contributed by atoms with Gasteiger partial charge in [-0.15, -0.1) is 0 Å². The van der Waals surface area contributed by atoms with Crippen molar-refractivity contribution in [2.45, 2.75) is 11.1 Å². The van der Waals surface area contributed by atoms with Crippen molar-refractivity contribution < 1.29 is 45.0 Å². The zero-order chi connectivity index (χ0) is 25.0. The van der Waals surface area contributed by atoms with Crippen LogP contribution in [-0.4, -0.2) is 61.8 Å². The Bertz CT molecular complexity index is 1240. The number of alkyl halides is 3. The maximum absolute atomic E-state index is 14.0. The van der Waals surface area contributed by atoms with Crippen LogP contribution in [0.5, 0.6) is 5.75 Å². The summed E-state index contributed by atoms with van der Waals surface area (Å²) < 4.78 is 91.1. The van der Waals surface area contributed by atoms with Gasteiger partial charge in [0.05, 0.1) is 5.52 Å². The fourth-order valence-electron chi connectivity index (χ4n) is 2.58. The summed E-state index contributed by atoms with van der Waals surface area (Å²) in [6.07, 6.45) is -3.75. The first-order chi connectivity index (χ1) is 15.2. The van der Waals surface area contributed by atoms with Crippen LogP contribution < -0.4 is 4.74 Å². The Morgan fingerprint density at radius 3 is 2.30 bits per heavy atom. The molecule has 3 rings (SSSR count). The number of ether oxygens (including phenoxy) is 1. The molecular weight excluding hydrogens is 475 g/mol. The van der Waals surface area contributed by atoms with Gasteiger partial charge in [-0.05, 0) is 44.4 Å². The van der Waals surface area contributed by atoms with E-state index in [4.69, 9.17) is 14.6 Å². The van der Waals surface area contributed by atoms with Gasteiger partial charge < -0.3 is 14.7 Å². The predicted octanol–water partition coefficient (Wildman–Crippen LogP) is 3.73. The van der Waals surface area contributed by atoms with Gasteiger partial charge in [0.1, 0.15) is 28.9 Å². The highest BCUT2D eigenvalue weighted by Gasteiger charge is 2.38. The van der Waals surface area contributed by atoms with E-state index >= 15 is 0 Å². The van der Waals surface area contributed by atoms with E-state index in [9.17, 15) is 30.4 Å². The monoisotopic (exact) mass is 494 g/mol. The van der Waals surface area contributed by atoms with E-state index in [-0.39, 0.29) is 0 Å². The minimum Gasteiger partial charge on any atom is -0.492 e. The summed E-state index contributed by atoms with van der Waals surface area (Å²) in [5, 5.41) is 7.72. The largest absolute Gasteiger partial charge is 0.492 e. The molecule has 7 nitrogen and oxygen atoms in total. The number of aliphatic carboxylic acids is 1. The van der Waals surface area contributed by atoms with Gasteiger partial charge in [-0.25, -0.2) is 26.0 Å². The lowest BCUT2D eigenvalue weighted by atomic mass is 10.2. The Balaban J connectivity index is 0.000000479. The first-order valence-corrected chi connectivity index (χ1v) is 10.6. The van der Waals surface area contributed by atoms with E-state index < -0.39 is 38.7 Å². The number of aromatic nitrogens is 1. The van der Waals surface area contributed by atoms with Crippen molar-refractivity contribution in [3.05, 3.63) is 60.3 Å². The molecule has 1 aromatic heterocycles. The molecule has 13 heteroatoms. The second-order valence-corrected chi connectivity index (χ2v) is 8.62. The van der Waals surface area contributed by atoms with Crippen LogP contribution >= 0.6 is 0 Å². The minimum absolute atomic E-state index is 0.357. The van der Waals surface area contributed by atoms with Gasteiger partial charge in [0.2, 0.25) is 0 Å². The van der Waals surface area contributed by atoms with Gasteiger partial charge in [0.25, 0.3) is 10.0 Å². The molecule has 2 aromatic carbocycles. The molecule has 1 N–H and O–H groups in total. The molecule has 0 saturated heterocycles. The number of hydrogen-bond donors (Lipinski definition) is 1. The van der Waals surface area contributed by atoms with E-state index in [0.717, 1.165) is 16.1 Å². The molecule has 0 aliphatic rings. The third-order valence-electron chi connectivity index (χ3n) is 4.13. The second kappa shape index (κ2) is 10.2. The molecule has 0 spiro atoms. The number of likely N-dealkylation sites (N-methyl/N-ethyl adjacent to an activating group) is 1. The van der Waals surface area contributed by atoms with Crippen LogP contribution in [0.25, 0.3) is 10.9 Å². The number of halogens is 5. The van der Waals surface area contributed by atoms with Crippen LogP contribution in [0.1, 0.15) is 0 Å². The fourth-order valence-corrected chi connectivity index (χ4v) is 3.98. The van der Waals surface area contributed by atoms with E-state index in [1.807, 2.05) is 19.0 Å². The summed E-state index contributed by atoms with van der Waals surface area (Å²) in [6.45, 7) is 1.15. The zero-order valence-electron chi connectivity index (χ0n) is 17.3. The molecule has 0 fully saturated rings. The smallest absolute Gasteiger partial charge is 0.490 e. The van der Waals surface area contributed by atoms with Crippen molar-refractivity contribution in [2.24, 2.45) is 0 Å². The quantitative estimate of drug-likeness (QED) is 0.526. The number of rotatable bonds is 6. The van der Waals surface area contributed by atoms with E-state index in [2.05, 4.69) is 0 Å². The molecule has 0 aliphatic carbocycles. The molecule has 3 aromatic rings. The Morgan fingerprint density at radius 2 is 1.76 bits per heavy atom. The molecule has 0 radical (unpaired) electrons. The van der Waals surface area contributed by atoms with E-state index in [1.54, 1.807) is 24.3 Å². The Kier molecular flexibility index (Phi) is 8.03. The zero-order valence-corrected chi connectivity index (χ0v) is 18.1. The second-order valence-electron chi connectivity index (χ2n) is 6.83. The minimum atomic E-state index is -5.08. The number of carboxylic acid groups (broad SMARTS) is 1. The number of hydrogen-bond acceptors (Lipinski definition) is 5. The van der Waals surface area contributed by atoms with Crippen molar-refractivity contribution in [3.63, 3.8) is 0 Å². The van der Waals surface area contributed by atoms with Gasteiger partial charge >= 0.3 is 12.1 Å². The van der Waals surface area contributed by atoms with Gasteiger partial charge in [-0.1, -0.05) is 6.07 Å². The highest BCUT2D eigenvalue weighted by molar-refractivity contribution is 7.90. The highest BCUT2D eigenvalue weighted by atomic mass is 32.2. The molecule has 1 heterocycles. The molecule has 0 aliphatic heterocycles. The molecule has 180 valence electrons. The highest BCUT2D eigenvalue weighted by Crippen LogP contribution is 2.30. The number of fused-ring (bicyclic) bond motifs is 1. The lowest BCUT2D eigenvalue weighted by molar-refractivity contribution is -0.192. The number of nitrogens with zero attached hydrogens (tertiary/aromatic N) is 2. The Morgan fingerprint density at radius 1 is 1.12 bits per heavy atom. The molecule has 33 heavy (non-hydrogen) atoms. The SMILES string of the molecule is CN(C)CCOc1cccc2c1ccn2S(=O)(=O)c1ccc(F)cc1F.O=C(O)C(F)(F)F. The molecule has 0 saturated carbocycles. The maximum atomic E-state index is 14.0. The van der Waals surface area contributed by atoms with E-state index in [1.165, 1.54) is 6.20 Å². The van der Waals surface area contributed by atoms with Gasteiger partial charge in [0.15, 0.2) is 0 Å². The predicted molar refractivity (Wildman–Crippen MR) is 109 cm³/mol. The molecule has 0 bridgehead atoms. The fraction of sp³-hybridized carbons (Fsp3) is 0.250. The average molecular weight is 494 g/mol. The topological polar surface area (TPSA) is 88.8 Å². The lowest BCUT2D eigenvalue weighted by Gasteiger charge is -2.12. The summed E-state index contributed by atoms with van der Waals surface area (Å²) in [5.41, 5.74) is 0.357. The van der Waals surface area contributed by atoms with Crippen LogP contribution in [-0.2, 0) is 14.8 Å². The molecule has 0 amide bonds. The first-order valence-electron chi connectivity index (χ1n) is 9.13. The van der Waals surface area contributed by atoms with Crippen LogP contribution in [0.3, 0.4) is 0 Å². The third kappa shape index (κ3) is 6.42. The van der Waals surface area contributed by atoms with Crippen LogP contribution in [0.4, 0.5) is 22.0 Å². The normalized spacial score (nSPS) is 11.9. The van der Waals surface area contributed by atoms with Crippen molar-refractivity contribution in [1.82, 2.24) is 8.87 Å². The van der Waals surface area contributed by atoms with Crippen molar-refractivity contribution >= 4 is 26.9 Å². The van der Waals surface area contributed by atoms with Gasteiger partial charge in [-0.2, -0.15) is 13.2 Å². The summed E-state index contributed by atoms with van der Waals surface area (Å²) in [5.74, 6) is -4.19. The third-order valence-corrected chi connectivity index (χ3v) is 5.85. The first kappa shape index (κ1) is 26.1. The van der Waals surface area contributed by atoms with Crippen molar-refractivity contribution in [2.75, 3.05) is 27.2 Å². The van der Waals surface area contributed by atoms with Crippen molar-refractivity contribution in [1.29, 1.82) is 0 Å². The van der Waals surface area contributed by atoms with Gasteiger partial charge in [-0.3, -0.25) is 0 Å². The Labute approximate surface area is 185 Å². The maximum Gasteiger partial charge on any atom is 0.490 e. The Hall–Kier alpha value is -3.19. The molecule has 0 unspecified atom stereocenters. The summed E-state index contributed by atoms with van der Waals surface area (Å²) in [7, 11) is -0.367. The van der Waals surface area contributed by atoms with E-state index in [0.29, 0.717) is 35.9 Å². The lowest BCUT2D eigenvalue weighted by Crippen LogP contribution is -2.21. The number of benzene rings is 2. The summed E-state index contributed by atoms with van der Waals surface area (Å²) in [6, 6.07) is 9.00. The van der Waals surface area contributed by atoms with Crippen LogP contribution in [0.2, 0.25) is 0 Å². The van der Waals surface area contributed by atoms with Crippen molar-refractivity contribution in [3.8, 4) is 5.75 Å².